The molecule has 0 saturated heterocycles. The van der Waals surface area contributed by atoms with Gasteiger partial charge in [0.2, 0.25) is 0 Å². The van der Waals surface area contributed by atoms with Gasteiger partial charge < -0.3 is 24.2 Å². The third kappa shape index (κ3) is 16.6. The van der Waals surface area contributed by atoms with Crippen LogP contribution in [0.5, 0.6) is 34.5 Å². The Hall–Kier alpha value is -2.84. The van der Waals surface area contributed by atoms with Crippen molar-refractivity contribution in [1.29, 1.82) is 0 Å². The van der Waals surface area contributed by atoms with Gasteiger partial charge in [0.15, 0.2) is 0 Å². The third-order valence-corrected chi connectivity index (χ3v) is 10.3. The first-order chi connectivity index (χ1) is 24.8. The van der Waals surface area contributed by atoms with E-state index in [1.54, 1.807) is 24.3 Å². The molecule has 0 heterocycles. The normalized spacial score (nSPS) is 11.2. The first-order valence-corrected chi connectivity index (χ1v) is 20.8. The van der Waals surface area contributed by atoms with Crippen molar-refractivity contribution in [1.82, 2.24) is 0 Å². The van der Waals surface area contributed by atoms with Gasteiger partial charge in [-0.15, -0.1) is 5.75 Å². The molecule has 0 amide bonds. The Morgan fingerprint density at radius 3 is 1.40 bits per heavy atom. The monoisotopic (exact) mass is 794 g/mol. The van der Waals surface area contributed by atoms with Crippen molar-refractivity contribution in [3.8, 4) is 34.5 Å². The van der Waals surface area contributed by atoms with Crippen LogP contribution in [0, 0.1) is 0 Å². The maximum absolute atomic E-state index is 11.9. The molecule has 53 heavy (non-hydrogen) atoms. The fraction of sp³-hybridized carbons (Fsp3) is 0.400. The predicted octanol–water partition coefficient (Wildman–Crippen LogP) is 9.31. The summed E-state index contributed by atoms with van der Waals surface area (Å²) >= 11 is 0. The van der Waals surface area contributed by atoms with Crippen molar-refractivity contribution in [2.45, 2.75) is 114 Å². The summed E-state index contributed by atoms with van der Waals surface area (Å²) in [5.74, 6) is 0.689. The van der Waals surface area contributed by atoms with Crippen LogP contribution < -0.4 is 14.6 Å². The molecule has 4 rings (SSSR count). The molecule has 0 spiro atoms. The zero-order valence-corrected chi connectivity index (χ0v) is 34.5. The van der Waals surface area contributed by atoms with Crippen molar-refractivity contribution in [3.05, 3.63) is 96.1 Å². The third-order valence-electron chi connectivity index (χ3n) is 8.34. The molecule has 13 heteroatoms. The van der Waals surface area contributed by atoms with Crippen LogP contribution in [0.15, 0.2) is 94.7 Å². The van der Waals surface area contributed by atoms with Crippen molar-refractivity contribution in [2.75, 3.05) is 0 Å². The molecule has 0 aliphatic heterocycles. The SMILES string of the molecule is CCCCCCCCc1cccc(Oc2ccc(O)cc2)c1S(=O)(=O)O.CCCCCCCCc1cccc(Oc2ccc([O-])cc2)c1S(=O)(=O)[O-].[Ca+2]. The van der Waals surface area contributed by atoms with E-state index in [9.17, 15) is 36.2 Å². The molecule has 4 aromatic rings. The fourth-order valence-corrected chi connectivity index (χ4v) is 7.43. The molecule has 0 aliphatic carbocycles. The Kier molecular flexibility index (Phi) is 20.8. The molecular weight excluding hydrogens is 745 g/mol. The molecule has 0 saturated carbocycles. The first kappa shape index (κ1) is 46.3. The second kappa shape index (κ2) is 23.8. The largest absolute Gasteiger partial charge is 2.00 e. The molecule has 0 aromatic heterocycles. The van der Waals surface area contributed by atoms with Gasteiger partial charge in [0.05, 0.1) is 0 Å². The minimum absolute atomic E-state index is 0. The predicted molar refractivity (Wildman–Crippen MR) is 205 cm³/mol. The molecule has 10 nitrogen and oxygen atoms in total. The van der Waals surface area contributed by atoms with Crippen LogP contribution in [-0.4, -0.2) is 68.8 Å². The quantitative estimate of drug-likeness (QED) is 0.0499. The van der Waals surface area contributed by atoms with Gasteiger partial charge in [0, 0.05) is 0 Å². The zero-order chi connectivity index (χ0) is 38.0. The molecule has 0 bridgehead atoms. The number of aryl methyl sites for hydroxylation is 2. The van der Waals surface area contributed by atoms with E-state index >= 15 is 0 Å². The topological polar surface area (TPSA) is 173 Å². The van der Waals surface area contributed by atoms with Crippen LogP contribution in [0.3, 0.4) is 0 Å². The van der Waals surface area contributed by atoms with Gasteiger partial charge >= 0.3 is 37.7 Å². The Morgan fingerprint density at radius 1 is 0.566 bits per heavy atom. The summed E-state index contributed by atoms with van der Waals surface area (Å²) in [5.41, 5.74) is 1.03. The van der Waals surface area contributed by atoms with Crippen molar-refractivity contribution in [3.63, 3.8) is 0 Å². The molecule has 0 unspecified atom stereocenters. The second-order valence-electron chi connectivity index (χ2n) is 12.6. The average molecular weight is 795 g/mol. The summed E-state index contributed by atoms with van der Waals surface area (Å²) in [7, 11) is -9.10. The number of hydrogen-bond acceptors (Lipinski definition) is 9. The summed E-state index contributed by atoms with van der Waals surface area (Å²) in [4.78, 5) is -0.485. The molecule has 0 atom stereocenters. The second-order valence-corrected chi connectivity index (χ2v) is 15.3. The van der Waals surface area contributed by atoms with E-state index in [-0.39, 0.29) is 70.5 Å². The molecule has 2 N–H and O–H groups in total. The van der Waals surface area contributed by atoms with Gasteiger partial charge in [-0.3, -0.25) is 4.55 Å². The van der Waals surface area contributed by atoms with Gasteiger partial charge in [-0.2, -0.15) is 8.42 Å². The molecule has 4 aromatic carbocycles. The summed E-state index contributed by atoms with van der Waals surface area (Å²) in [5, 5.41) is 20.5. The van der Waals surface area contributed by atoms with Gasteiger partial charge in [-0.1, -0.05) is 114 Å². The maximum Gasteiger partial charge on any atom is 2.00 e. The van der Waals surface area contributed by atoms with Crippen molar-refractivity contribution < 1.29 is 45.6 Å². The van der Waals surface area contributed by atoms with Crippen LogP contribution in [0.2, 0.25) is 0 Å². The number of ether oxygens (including phenoxy) is 2. The van der Waals surface area contributed by atoms with Crippen LogP contribution in [0.1, 0.15) is 102 Å². The standard InChI is InChI=1S/2C20H26O5S.Ca/c2*1-2-3-4-5-6-7-9-16-10-8-11-19(20(16)26(22,23)24)25-18-14-12-17(21)13-15-18;/h2*8,10-15,21H,2-7,9H2,1H3,(H,22,23,24);/q;;+2/p-2. The van der Waals surface area contributed by atoms with Crippen LogP contribution in [0.4, 0.5) is 0 Å². The Morgan fingerprint density at radius 2 is 0.962 bits per heavy atom. The fourth-order valence-electron chi connectivity index (χ4n) is 5.72. The molecule has 0 fully saturated rings. The Bertz CT molecular complexity index is 1740. The van der Waals surface area contributed by atoms with Crippen molar-refractivity contribution in [2.24, 2.45) is 0 Å². The first-order valence-electron chi connectivity index (χ1n) is 17.9. The van der Waals surface area contributed by atoms with E-state index in [2.05, 4.69) is 13.8 Å². The van der Waals surface area contributed by atoms with E-state index in [0.717, 1.165) is 38.5 Å². The number of hydrogen-bond donors (Lipinski definition) is 2. The van der Waals surface area contributed by atoms with E-state index in [1.165, 1.54) is 99.2 Å². The summed E-state index contributed by atoms with van der Waals surface area (Å²) in [6, 6.07) is 21.2. The van der Waals surface area contributed by atoms with Crippen LogP contribution >= 0.6 is 0 Å². The van der Waals surface area contributed by atoms with Gasteiger partial charge in [-0.05, 0) is 85.3 Å². The van der Waals surface area contributed by atoms with Crippen LogP contribution in [0.25, 0.3) is 0 Å². The van der Waals surface area contributed by atoms with E-state index < -0.39 is 20.2 Å². The summed E-state index contributed by atoms with van der Waals surface area (Å²) in [6.07, 6.45) is 14.1. The summed E-state index contributed by atoms with van der Waals surface area (Å²) < 4.78 is 80.2. The number of unbranched alkanes of at least 4 members (excludes halogenated alkanes) is 10. The number of aromatic hydroxyl groups is 1. The number of phenols is 1. The van der Waals surface area contributed by atoms with E-state index in [1.807, 2.05) is 0 Å². The molecule has 0 radical (unpaired) electrons. The number of benzene rings is 4. The minimum atomic E-state index is -4.68. The smallest absolute Gasteiger partial charge is 0.872 e. The van der Waals surface area contributed by atoms with E-state index in [4.69, 9.17) is 9.47 Å². The molecule has 284 valence electrons. The van der Waals surface area contributed by atoms with Gasteiger partial charge in [0.25, 0.3) is 10.1 Å². The van der Waals surface area contributed by atoms with Gasteiger partial charge in [0.1, 0.15) is 48.7 Å². The zero-order valence-electron chi connectivity index (χ0n) is 30.7. The summed E-state index contributed by atoms with van der Waals surface area (Å²) in [6.45, 7) is 4.32. The number of phenolic OH excluding ortho intramolecular Hbond substituents is 1. The number of rotatable bonds is 20. The van der Waals surface area contributed by atoms with Crippen LogP contribution in [-0.2, 0) is 33.1 Å². The Balaban J connectivity index is 0.000000360. The van der Waals surface area contributed by atoms with E-state index in [0.29, 0.717) is 35.5 Å². The molecule has 0 aliphatic rings. The molecular formula is C40H50CaO10S2. The average Bonchev–Trinajstić information content (AvgIpc) is 3.09. The van der Waals surface area contributed by atoms with Gasteiger partial charge in [-0.25, -0.2) is 8.42 Å². The maximum atomic E-state index is 11.9. The Labute approximate surface area is 345 Å². The minimum Gasteiger partial charge on any atom is -0.872 e. The van der Waals surface area contributed by atoms with Crippen molar-refractivity contribution >= 4 is 58.0 Å².